The summed E-state index contributed by atoms with van der Waals surface area (Å²) in [5.74, 6) is 0.0891. The zero-order valence-corrected chi connectivity index (χ0v) is 9.67. The fourth-order valence-corrected chi connectivity index (χ4v) is 2.17. The van der Waals surface area contributed by atoms with Crippen LogP contribution in [0.4, 0.5) is 0 Å². The van der Waals surface area contributed by atoms with E-state index in [2.05, 4.69) is 19.8 Å². The van der Waals surface area contributed by atoms with Gasteiger partial charge < -0.3 is 5.32 Å². The quantitative estimate of drug-likeness (QED) is 0.785. The molecule has 0 radical (unpaired) electrons. The standard InChI is InChI=1S/C9H14N4OS/c1-9(2)8(14)10-3-4-13(9)6-7-5-11-12-15-7/h5H,3-4,6H2,1-2H3,(H,10,14). The van der Waals surface area contributed by atoms with Gasteiger partial charge in [0.25, 0.3) is 0 Å². The summed E-state index contributed by atoms with van der Waals surface area (Å²) in [7, 11) is 0. The van der Waals surface area contributed by atoms with Gasteiger partial charge in [-0.3, -0.25) is 9.69 Å². The number of piperazine rings is 1. The molecule has 1 amide bonds. The Morgan fingerprint density at radius 2 is 2.47 bits per heavy atom. The highest BCUT2D eigenvalue weighted by Gasteiger charge is 2.37. The molecule has 0 bridgehead atoms. The Kier molecular flexibility index (Phi) is 2.70. The molecule has 0 spiro atoms. The molecule has 1 aromatic heterocycles. The van der Waals surface area contributed by atoms with Crippen LogP contribution >= 0.6 is 11.5 Å². The van der Waals surface area contributed by atoms with Gasteiger partial charge >= 0.3 is 0 Å². The van der Waals surface area contributed by atoms with E-state index in [1.165, 1.54) is 11.5 Å². The van der Waals surface area contributed by atoms with Gasteiger partial charge in [0.05, 0.1) is 16.6 Å². The predicted molar refractivity (Wildman–Crippen MR) is 57.4 cm³/mol. The van der Waals surface area contributed by atoms with E-state index in [1.54, 1.807) is 6.20 Å². The summed E-state index contributed by atoms with van der Waals surface area (Å²) in [4.78, 5) is 14.9. The summed E-state index contributed by atoms with van der Waals surface area (Å²) in [6, 6.07) is 0. The summed E-state index contributed by atoms with van der Waals surface area (Å²) in [6.07, 6.45) is 1.76. The Bertz CT molecular complexity index is 349. The topological polar surface area (TPSA) is 58.1 Å². The molecular weight excluding hydrogens is 212 g/mol. The Morgan fingerprint density at radius 3 is 3.13 bits per heavy atom. The summed E-state index contributed by atoms with van der Waals surface area (Å²) in [5, 5.41) is 6.67. The second kappa shape index (κ2) is 3.86. The van der Waals surface area contributed by atoms with Crippen molar-refractivity contribution in [1.82, 2.24) is 19.8 Å². The van der Waals surface area contributed by atoms with Gasteiger partial charge in [0.15, 0.2) is 0 Å². The highest BCUT2D eigenvalue weighted by Crippen LogP contribution is 2.21. The molecule has 1 aliphatic heterocycles. The average molecular weight is 226 g/mol. The highest BCUT2D eigenvalue weighted by atomic mass is 32.1. The minimum absolute atomic E-state index is 0.0891. The molecule has 5 nitrogen and oxygen atoms in total. The summed E-state index contributed by atoms with van der Waals surface area (Å²) < 4.78 is 3.82. The van der Waals surface area contributed by atoms with E-state index in [4.69, 9.17) is 0 Å². The molecule has 1 aliphatic rings. The fourth-order valence-electron chi connectivity index (χ4n) is 1.67. The zero-order chi connectivity index (χ0) is 10.9. The lowest BCUT2D eigenvalue weighted by molar-refractivity contribution is -0.135. The SMILES string of the molecule is CC1(C)C(=O)NCCN1Cc1cnns1. The van der Waals surface area contributed by atoms with Crippen LogP contribution in [0.2, 0.25) is 0 Å². The number of rotatable bonds is 2. The van der Waals surface area contributed by atoms with E-state index >= 15 is 0 Å². The molecule has 2 heterocycles. The minimum atomic E-state index is -0.442. The Labute approximate surface area is 92.6 Å². The van der Waals surface area contributed by atoms with Crippen molar-refractivity contribution in [2.75, 3.05) is 13.1 Å². The number of carbonyl (C=O) groups excluding carboxylic acids is 1. The Morgan fingerprint density at radius 1 is 1.67 bits per heavy atom. The maximum Gasteiger partial charge on any atom is 0.240 e. The third-order valence-corrected chi connectivity index (χ3v) is 3.41. The van der Waals surface area contributed by atoms with Gasteiger partial charge in [0, 0.05) is 19.6 Å². The number of carbonyl (C=O) groups is 1. The molecule has 0 unspecified atom stereocenters. The second-order valence-electron chi connectivity index (χ2n) is 4.12. The molecule has 82 valence electrons. The van der Waals surface area contributed by atoms with Crippen molar-refractivity contribution in [3.63, 3.8) is 0 Å². The van der Waals surface area contributed by atoms with E-state index in [0.717, 1.165) is 18.0 Å². The number of hydrogen-bond donors (Lipinski definition) is 1. The van der Waals surface area contributed by atoms with Gasteiger partial charge in [-0.25, -0.2) is 0 Å². The van der Waals surface area contributed by atoms with Gasteiger partial charge in [-0.1, -0.05) is 4.49 Å². The van der Waals surface area contributed by atoms with E-state index in [0.29, 0.717) is 6.54 Å². The monoisotopic (exact) mass is 226 g/mol. The Hall–Kier alpha value is -1.01. The van der Waals surface area contributed by atoms with Crippen molar-refractivity contribution in [2.24, 2.45) is 0 Å². The van der Waals surface area contributed by atoms with Crippen LogP contribution < -0.4 is 5.32 Å². The summed E-state index contributed by atoms with van der Waals surface area (Å²) >= 11 is 1.38. The van der Waals surface area contributed by atoms with Crippen LogP contribution in [-0.2, 0) is 11.3 Å². The van der Waals surface area contributed by atoms with Crippen molar-refractivity contribution in [1.29, 1.82) is 0 Å². The van der Waals surface area contributed by atoms with E-state index in [-0.39, 0.29) is 5.91 Å². The first kappa shape index (κ1) is 10.5. The van der Waals surface area contributed by atoms with E-state index < -0.39 is 5.54 Å². The molecular formula is C9H14N4OS. The van der Waals surface area contributed by atoms with Crippen LogP contribution in [0.15, 0.2) is 6.20 Å². The summed E-state index contributed by atoms with van der Waals surface area (Å²) in [5.41, 5.74) is -0.442. The minimum Gasteiger partial charge on any atom is -0.353 e. The molecule has 2 rings (SSSR count). The van der Waals surface area contributed by atoms with Gasteiger partial charge in [-0.05, 0) is 25.4 Å². The van der Waals surface area contributed by atoms with E-state index in [9.17, 15) is 4.79 Å². The van der Waals surface area contributed by atoms with Crippen LogP contribution in [0.25, 0.3) is 0 Å². The molecule has 0 atom stereocenters. The normalized spacial score (nSPS) is 21.3. The van der Waals surface area contributed by atoms with Crippen molar-refractivity contribution in [2.45, 2.75) is 25.9 Å². The van der Waals surface area contributed by atoms with E-state index in [1.807, 2.05) is 13.8 Å². The van der Waals surface area contributed by atoms with Crippen LogP contribution in [0.3, 0.4) is 0 Å². The van der Waals surface area contributed by atoms with Crippen LogP contribution in [0, 0.1) is 0 Å². The number of nitrogens with zero attached hydrogens (tertiary/aromatic N) is 3. The van der Waals surface area contributed by atoms with Crippen LogP contribution in [0.5, 0.6) is 0 Å². The molecule has 1 N–H and O–H groups in total. The van der Waals surface area contributed by atoms with Gasteiger partial charge in [-0.2, -0.15) is 0 Å². The molecule has 1 aromatic rings. The van der Waals surface area contributed by atoms with Gasteiger partial charge in [0.2, 0.25) is 5.91 Å². The first-order valence-electron chi connectivity index (χ1n) is 4.90. The average Bonchev–Trinajstić information content (AvgIpc) is 2.66. The maximum atomic E-state index is 11.7. The number of amides is 1. The molecule has 1 saturated heterocycles. The first-order chi connectivity index (χ1) is 7.10. The van der Waals surface area contributed by atoms with Gasteiger partial charge in [0.1, 0.15) is 0 Å². The Balaban J connectivity index is 2.11. The fraction of sp³-hybridized carbons (Fsp3) is 0.667. The van der Waals surface area contributed by atoms with Crippen molar-refractivity contribution >= 4 is 17.4 Å². The van der Waals surface area contributed by atoms with Crippen molar-refractivity contribution < 1.29 is 4.79 Å². The smallest absolute Gasteiger partial charge is 0.240 e. The van der Waals surface area contributed by atoms with Gasteiger partial charge in [-0.15, -0.1) is 5.10 Å². The second-order valence-corrected chi connectivity index (χ2v) is 4.99. The van der Waals surface area contributed by atoms with Crippen molar-refractivity contribution in [3.05, 3.63) is 11.1 Å². The molecule has 1 fully saturated rings. The lowest BCUT2D eigenvalue weighted by Gasteiger charge is -2.40. The van der Waals surface area contributed by atoms with Crippen LogP contribution in [-0.4, -0.2) is 39.0 Å². The first-order valence-corrected chi connectivity index (χ1v) is 5.67. The largest absolute Gasteiger partial charge is 0.353 e. The number of nitrogens with one attached hydrogen (secondary N) is 1. The van der Waals surface area contributed by atoms with Crippen LogP contribution in [0.1, 0.15) is 18.7 Å². The molecule has 15 heavy (non-hydrogen) atoms. The number of hydrogen-bond acceptors (Lipinski definition) is 5. The number of aromatic nitrogens is 2. The molecule has 6 heteroatoms. The summed E-state index contributed by atoms with van der Waals surface area (Å²) in [6.45, 7) is 6.22. The lowest BCUT2D eigenvalue weighted by Crippen LogP contribution is -2.61. The predicted octanol–water partition coefficient (Wildman–Crippen LogP) is 0.248. The third kappa shape index (κ3) is 2.00. The van der Waals surface area contributed by atoms with Crippen molar-refractivity contribution in [3.8, 4) is 0 Å². The highest BCUT2D eigenvalue weighted by molar-refractivity contribution is 7.05. The zero-order valence-electron chi connectivity index (χ0n) is 8.86. The molecule has 0 aliphatic carbocycles. The molecule has 0 saturated carbocycles. The lowest BCUT2D eigenvalue weighted by atomic mass is 9.99. The molecule has 0 aromatic carbocycles. The third-order valence-electron chi connectivity index (χ3n) is 2.77. The maximum absolute atomic E-state index is 11.7.